The van der Waals surface area contributed by atoms with Gasteiger partial charge in [0.2, 0.25) is 10.0 Å². The van der Waals surface area contributed by atoms with Gasteiger partial charge in [-0.05, 0) is 13.8 Å². The van der Waals surface area contributed by atoms with Crippen molar-refractivity contribution in [2.45, 2.75) is 19.9 Å². The van der Waals surface area contributed by atoms with Crippen LogP contribution in [0.5, 0.6) is 0 Å². The molecule has 0 aromatic heterocycles. The lowest BCUT2D eigenvalue weighted by Gasteiger charge is -2.09. The number of carboxylic acid groups (broad SMARTS) is 1. The van der Waals surface area contributed by atoms with E-state index in [4.69, 9.17) is 9.84 Å². The van der Waals surface area contributed by atoms with Crippen LogP contribution in [0.2, 0.25) is 0 Å². The second-order valence-corrected chi connectivity index (χ2v) is 4.57. The van der Waals surface area contributed by atoms with E-state index in [1.807, 2.05) is 4.72 Å². The van der Waals surface area contributed by atoms with Crippen molar-refractivity contribution in [2.24, 2.45) is 0 Å². The highest BCUT2D eigenvalue weighted by Gasteiger charge is 2.18. The first-order valence-electron chi connectivity index (χ1n) is 4.19. The summed E-state index contributed by atoms with van der Waals surface area (Å²) in [4.78, 5) is 10.3. The zero-order valence-corrected chi connectivity index (χ0v) is 9.00. The summed E-state index contributed by atoms with van der Waals surface area (Å²) in [5.41, 5.74) is 0. The third kappa shape index (κ3) is 5.90. The van der Waals surface area contributed by atoms with E-state index in [9.17, 15) is 13.2 Å². The van der Waals surface area contributed by atoms with E-state index >= 15 is 0 Å². The van der Waals surface area contributed by atoms with E-state index in [-0.39, 0.29) is 12.4 Å². The Kier molecular flexibility index (Phi) is 5.66. The zero-order valence-electron chi connectivity index (χ0n) is 8.19. The standard InChI is InChI=1S/C7H15NO5S/c1-3-13-4-5-14(11,12)8-6(2)7(9)10/h6,8H,3-5H2,1-2H3,(H,9,10)/t6-/m1/s1. The average molecular weight is 225 g/mol. The van der Waals surface area contributed by atoms with Crippen LogP contribution >= 0.6 is 0 Å². The summed E-state index contributed by atoms with van der Waals surface area (Å²) in [5, 5.41) is 8.46. The highest BCUT2D eigenvalue weighted by molar-refractivity contribution is 7.89. The maximum absolute atomic E-state index is 11.2. The number of hydrogen-bond acceptors (Lipinski definition) is 4. The van der Waals surface area contributed by atoms with Gasteiger partial charge < -0.3 is 9.84 Å². The molecule has 0 aliphatic rings. The number of rotatable bonds is 7. The molecule has 0 aliphatic carbocycles. The molecule has 0 saturated heterocycles. The number of carboxylic acids is 1. The predicted octanol–water partition coefficient (Wildman–Crippen LogP) is -0.585. The fraction of sp³-hybridized carbons (Fsp3) is 0.857. The molecule has 6 nitrogen and oxygen atoms in total. The van der Waals surface area contributed by atoms with Gasteiger partial charge >= 0.3 is 5.97 Å². The molecule has 0 radical (unpaired) electrons. The van der Waals surface area contributed by atoms with Gasteiger partial charge in [-0.25, -0.2) is 13.1 Å². The summed E-state index contributed by atoms with van der Waals surface area (Å²) in [6.45, 7) is 3.52. The Bertz CT molecular complexity index is 274. The van der Waals surface area contributed by atoms with Crippen LogP contribution < -0.4 is 4.72 Å². The summed E-state index contributed by atoms with van der Waals surface area (Å²) in [6, 6.07) is -1.11. The molecule has 0 unspecified atom stereocenters. The van der Waals surface area contributed by atoms with Crippen LogP contribution in [0.4, 0.5) is 0 Å². The lowest BCUT2D eigenvalue weighted by atomic mass is 10.4. The number of carbonyl (C=O) groups is 1. The molecule has 0 bridgehead atoms. The van der Waals surface area contributed by atoms with E-state index < -0.39 is 22.0 Å². The van der Waals surface area contributed by atoms with E-state index in [1.54, 1.807) is 6.92 Å². The average Bonchev–Trinajstić information content (AvgIpc) is 2.03. The van der Waals surface area contributed by atoms with Gasteiger partial charge in [-0.2, -0.15) is 0 Å². The maximum Gasteiger partial charge on any atom is 0.321 e. The largest absolute Gasteiger partial charge is 0.480 e. The van der Waals surface area contributed by atoms with Gasteiger partial charge in [0, 0.05) is 6.61 Å². The van der Waals surface area contributed by atoms with Crippen molar-refractivity contribution in [3.63, 3.8) is 0 Å². The second kappa shape index (κ2) is 5.94. The lowest BCUT2D eigenvalue weighted by molar-refractivity contribution is -0.138. The van der Waals surface area contributed by atoms with Gasteiger partial charge in [0.05, 0.1) is 12.4 Å². The fourth-order valence-electron chi connectivity index (χ4n) is 0.692. The first kappa shape index (κ1) is 13.3. The van der Waals surface area contributed by atoms with E-state index in [1.165, 1.54) is 6.92 Å². The summed E-state index contributed by atoms with van der Waals surface area (Å²) in [7, 11) is -3.55. The van der Waals surface area contributed by atoms with Crippen LogP contribution in [0.25, 0.3) is 0 Å². The first-order chi connectivity index (χ1) is 6.39. The molecule has 0 heterocycles. The molecule has 84 valence electrons. The first-order valence-corrected chi connectivity index (χ1v) is 5.85. The number of sulfonamides is 1. The Morgan fingerprint density at radius 1 is 1.57 bits per heavy atom. The van der Waals surface area contributed by atoms with Gasteiger partial charge in [-0.3, -0.25) is 4.79 Å². The van der Waals surface area contributed by atoms with Gasteiger partial charge in [-0.15, -0.1) is 0 Å². The fourth-order valence-corrected chi connectivity index (χ4v) is 1.79. The Morgan fingerprint density at radius 3 is 2.57 bits per heavy atom. The van der Waals surface area contributed by atoms with Gasteiger partial charge in [-0.1, -0.05) is 0 Å². The summed E-state index contributed by atoms with van der Waals surface area (Å²) in [5.74, 6) is -1.43. The summed E-state index contributed by atoms with van der Waals surface area (Å²) >= 11 is 0. The van der Waals surface area contributed by atoms with Gasteiger partial charge in [0.1, 0.15) is 6.04 Å². The molecule has 0 aromatic rings. The van der Waals surface area contributed by atoms with Crippen LogP contribution in [0, 0.1) is 0 Å². The van der Waals surface area contributed by atoms with Crippen LogP contribution in [-0.4, -0.2) is 44.5 Å². The molecule has 14 heavy (non-hydrogen) atoms. The Labute approximate surface area is 83.3 Å². The Morgan fingerprint density at radius 2 is 2.14 bits per heavy atom. The number of nitrogens with one attached hydrogen (secondary N) is 1. The SMILES string of the molecule is CCOCCS(=O)(=O)N[C@H](C)C(=O)O. The molecule has 1 atom stereocenters. The summed E-state index contributed by atoms with van der Waals surface area (Å²) < 4.78 is 29.2. The van der Waals surface area contributed by atoms with Crippen LogP contribution in [0.1, 0.15) is 13.8 Å². The number of hydrogen-bond donors (Lipinski definition) is 2. The highest BCUT2D eigenvalue weighted by Crippen LogP contribution is 1.90. The predicted molar refractivity (Wildman–Crippen MR) is 50.5 cm³/mol. The van der Waals surface area contributed by atoms with Crippen molar-refractivity contribution in [2.75, 3.05) is 19.0 Å². The molecular weight excluding hydrogens is 210 g/mol. The van der Waals surface area contributed by atoms with Crippen molar-refractivity contribution in [3.05, 3.63) is 0 Å². The molecule has 0 amide bonds. The minimum absolute atomic E-state index is 0.0676. The lowest BCUT2D eigenvalue weighted by Crippen LogP contribution is -2.40. The van der Waals surface area contributed by atoms with Crippen LogP contribution in [0.15, 0.2) is 0 Å². The topological polar surface area (TPSA) is 92.7 Å². The molecule has 0 aliphatic heterocycles. The van der Waals surface area contributed by atoms with Crippen molar-refractivity contribution >= 4 is 16.0 Å². The summed E-state index contributed by atoms with van der Waals surface area (Å²) in [6.07, 6.45) is 0. The molecule has 0 spiro atoms. The van der Waals surface area contributed by atoms with Gasteiger partial charge in [0.15, 0.2) is 0 Å². The van der Waals surface area contributed by atoms with Crippen molar-refractivity contribution in [1.29, 1.82) is 0 Å². The molecule has 2 N–H and O–H groups in total. The van der Waals surface area contributed by atoms with Crippen molar-refractivity contribution in [3.8, 4) is 0 Å². The number of ether oxygens (including phenoxy) is 1. The Hall–Kier alpha value is -0.660. The quantitative estimate of drug-likeness (QED) is 0.565. The van der Waals surface area contributed by atoms with E-state index in [0.717, 1.165) is 0 Å². The van der Waals surface area contributed by atoms with E-state index in [2.05, 4.69) is 0 Å². The van der Waals surface area contributed by atoms with Crippen molar-refractivity contribution < 1.29 is 23.1 Å². The monoisotopic (exact) mass is 225 g/mol. The molecule has 0 saturated carbocycles. The van der Waals surface area contributed by atoms with E-state index in [0.29, 0.717) is 6.61 Å². The smallest absolute Gasteiger partial charge is 0.321 e. The maximum atomic E-state index is 11.2. The number of aliphatic carboxylic acids is 1. The van der Waals surface area contributed by atoms with Crippen LogP contribution in [-0.2, 0) is 19.6 Å². The van der Waals surface area contributed by atoms with Crippen molar-refractivity contribution in [1.82, 2.24) is 4.72 Å². The Balaban J connectivity index is 4.01. The van der Waals surface area contributed by atoms with Crippen LogP contribution in [0.3, 0.4) is 0 Å². The molecule has 0 aromatic carbocycles. The normalized spacial score (nSPS) is 13.9. The third-order valence-corrected chi connectivity index (χ3v) is 2.84. The second-order valence-electron chi connectivity index (χ2n) is 2.69. The minimum Gasteiger partial charge on any atom is -0.480 e. The minimum atomic E-state index is -3.55. The van der Waals surface area contributed by atoms with Gasteiger partial charge in [0.25, 0.3) is 0 Å². The third-order valence-electron chi connectivity index (χ3n) is 1.43. The molecule has 0 fully saturated rings. The zero-order chi connectivity index (χ0) is 11.2. The molecular formula is C7H15NO5S. The highest BCUT2D eigenvalue weighted by atomic mass is 32.2. The molecule has 0 rings (SSSR count). The molecule has 7 heteroatoms.